The van der Waals surface area contributed by atoms with E-state index in [-0.39, 0.29) is 0 Å². The number of likely N-dealkylation sites (tertiary alicyclic amines) is 1. The zero-order valence-corrected chi connectivity index (χ0v) is 13.2. The van der Waals surface area contributed by atoms with Crippen LogP contribution in [0.2, 0.25) is 0 Å². The standard InChI is InChI=1S/C16H33N3/c1-4-10-19(13-15-7-5-6-9-17-15)16-8-11-18(3)14(2)12-16/h14-17H,4-13H2,1-3H3. The van der Waals surface area contributed by atoms with Crippen LogP contribution in [-0.2, 0) is 0 Å². The molecule has 2 fully saturated rings. The SMILES string of the molecule is CCCN(CC1CCCCN1)C1CCN(C)C(C)C1. The van der Waals surface area contributed by atoms with E-state index in [0.29, 0.717) is 0 Å². The molecule has 2 aliphatic heterocycles. The third-order valence-corrected chi connectivity index (χ3v) is 5.08. The third kappa shape index (κ3) is 4.44. The molecule has 3 atom stereocenters. The summed E-state index contributed by atoms with van der Waals surface area (Å²) < 4.78 is 0. The van der Waals surface area contributed by atoms with E-state index in [0.717, 1.165) is 18.1 Å². The maximum atomic E-state index is 3.71. The van der Waals surface area contributed by atoms with E-state index in [1.807, 2.05) is 0 Å². The van der Waals surface area contributed by atoms with E-state index >= 15 is 0 Å². The highest BCUT2D eigenvalue weighted by molar-refractivity contribution is 4.86. The quantitative estimate of drug-likeness (QED) is 0.825. The van der Waals surface area contributed by atoms with Crippen LogP contribution in [0.4, 0.5) is 0 Å². The van der Waals surface area contributed by atoms with Crippen molar-refractivity contribution >= 4 is 0 Å². The first-order valence-corrected chi connectivity index (χ1v) is 8.38. The minimum absolute atomic E-state index is 0.746. The minimum Gasteiger partial charge on any atom is -0.313 e. The van der Waals surface area contributed by atoms with Crippen LogP contribution < -0.4 is 5.32 Å². The minimum atomic E-state index is 0.746. The van der Waals surface area contributed by atoms with Crippen LogP contribution in [-0.4, -0.2) is 61.2 Å². The normalized spacial score (nSPS) is 33.8. The van der Waals surface area contributed by atoms with Gasteiger partial charge in [-0.2, -0.15) is 0 Å². The molecule has 3 unspecified atom stereocenters. The van der Waals surface area contributed by atoms with E-state index in [1.165, 1.54) is 64.7 Å². The second kappa shape index (κ2) is 7.61. The number of hydrogen-bond donors (Lipinski definition) is 1. The van der Waals surface area contributed by atoms with Gasteiger partial charge in [-0.3, -0.25) is 4.90 Å². The molecule has 2 heterocycles. The molecule has 0 saturated carbocycles. The molecule has 0 aromatic carbocycles. The van der Waals surface area contributed by atoms with Gasteiger partial charge in [-0.05, 0) is 65.7 Å². The predicted molar refractivity (Wildman–Crippen MR) is 82.6 cm³/mol. The molecule has 3 heteroatoms. The van der Waals surface area contributed by atoms with Crippen molar-refractivity contribution in [2.75, 3.05) is 33.2 Å². The summed E-state index contributed by atoms with van der Waals surface area (Å²) >= 11 is 0. The smallest absolute Gasteiger partial charge is 0.0195 e. The number of nitrogens with zero attached hydrogens (tertiary/aromatic N) is 2. The second-order valence-corrected chi connectivity index (χ2v) is 6.65. The average Bonchev–Trinajstić information content (AvgIpc) is 2.43. The zero-order chi connectivity index (χ0) is 13.7. The van der Waals surface area contributed by atoms with Gasteiger partial charge in [-0.15, -0.1) is 0 Å². The maximum absolute atomic E-state index is 3.71. The summed E-state index contributed by atoms with van der Waals surface area (Å²) in [6.45, 7) is 9.75. The van der Waals surface area contributed by atoms with Crippen LogP contribution >= 0.6 is 0 Å². The molecule has 112 valence electrons. The van der Waals surface area contributed by atoms with Gasteiger partial charge >= 0.3 is 0 Å². The summed E-state index contributed by atoms with van der Waals surface area (Å²) in [6.07, 6.45) is 8.16. The van der Waals surface area contributed by atoms with Crippen molar-refractivity contribution in [1.29, 1.82) is 0 Å². The Hall–Kier alpha value is -0.120. The van der Waals surface area contributed by atoms with Gasteiger partial charge in [0, 0.05) is 24.7 Å². The monoisotopic (exact) mass is 267 g/mol. The summed E-state index contributed by atoms with van der Waals surface area (Å²) in [5.41, 5.74) is 0. The van der Waals surface area contributed by atoms with Gasteiger partial charge < -0.3 is 10.2 Å². The lowest BCUT2D eigenvalue weighted by molar-refractivity contribution is 0.0779. The van der Waals surface area contributed by atoms with Gasteiger partial charge in [-0.25, -0.2) is 0 Å². The molecule has 3 nitrogen and oxygen atoms in total. The predicted octanol–water partition coefficient (Wildman–Crippen LogP) is 2.32. The van der Waals surface area contributed by atoms with Crippen LogP contribution in [0.25, 0.3) is 0 Å². The Kier molecular flexibility index (Phi) is 6.11. The number of rotatable bonds is 5. The van der Waals surface area contributed by atoms with Crippen molar-refractivity contribution in [2.45, 2.75) is 70.5 Å². The van der Waals surface area contributed by atoms with E-state index < -0.39 is 0 Å². The van der Waals surface area contributed by atoms with Crippen LogP contribution in [0, 0.1) is 0 Å². The van der Waals surface area contributed by atoms with Gasteiger partial charge in [0.25, 0.3) is 0 Å². The van der Waals surface area contributed by atoms with Gasteiger partial charge in [0.2, 0.25) is 0 Å². The van der Waals surface area contributed by atoms with Gasteiger partial charge in [0.05, 0.1) is 0 Å². The van der Waals surface area contributed by atoms with Crippen molar-refractivity contribution in [1.82, 2.24) is 15.1 Å². The number of piperidine rings is 2. The first-order valence-electron chi connectivity index (χ1n) is 8.38. The van der Waals surface area contributed by atoms with E-state index in [9.17, 15) is 0 Å². The van der Waals surface area contributed by atoms with Crippen molar-refractivity contribution in [3.63, 3.8) is 0 Å². The lowest BCUT2D eigenvalue weighted by Gasteiger charge is -2.42. The van der Waals surface area contributed by atoms with Crippen molar-refractivity contribution in [2.24, 2.45) is 0 Å². The fraction of sp³-hybridized carbons (Fsp3) is 1.00. The topological polar surface area (TPSA) is 18.5 Å². The lowest BCUT2D eigenvalue weighted by atomic mass is 9.95. The molecule has 0 spiro atoms. The molecule has 0 aromatic rings. The molecular weight excluding hydrogens is 234 g/mol. The lowest BCUT2D eigenvalue weighted by Crippen LogP contribution is -2.52. The van der Waals surface area contributed by atoms with E-state index in [2.05, 4.69) is 36.0 Å². The fourth-order valence-corrected chi connectivity index (χ4v) is 3.67. The van der Waals surface area contributed by atoms with Crippen molar-refractivity contribution in [3.8, 4) is 0 Å². The van der Waals surface area contributed by atoms with Crippen molar-refractivity contribution < 1.29 is 0 Å². The Morgan fingerprint density at radius 3 is 2.74 bits per heavy atom. The molecule has 0 amide bonds. The van der Waals surface area contributed by atoms with Gasteiger partial charge in [0.15, 0.2) is 0 Å². The highest BCUT2D eigenvalue weighted by Crippen LogP contribution is 2.22. The number of nitrogens with one attached hydrogen (secondary N) is 1. The van der Waals surface area contributed by atoms with Crippen molar-refractivity contribution in [3.05, 3.63) is 0 Å². The van der Waals surface area contributed by atoms with Gasteiger partial charge in [0.1, 0.15) is 0 Å². The maximum Gasteiger partial charge on any atom is 0.0195 e. The molecule has 0 radical (unpaired) electrons. The Morgan fingerprint density at radius 2 is 2.11 bits per heavy atom. The summed E-state index contributed by atoms with van der Waals surface area (Å²) in [4.78, 5) is 5.30. The van der Waals surface area contributed by atoms with Crippen LogP contribution in [0.3, 0.4) is 0 Å². The summed E-state index contributed by atoms with van der Waals surface area (Å²) in [7, 11) is 2.27. The Bertz CT molecular complexity index is 250. The molecule has 1 N–H and O–H groups in total. The van der Waals surface area contributed by atoms with Gasteiger partial charge in [-0.1, -0.05) is 13.3 Å². The Labute approximate surface area is 119 Å². The van der Waals surface area contributed by atoms with Crippen LogP contribution in [0.1, 0.15) is 52.4 Å². The molecular formula is C16H33N3. The first-order chi connectivity index (χ1) is 9.20. The summed E-state index contributed by atoms with van der Waals surface area (Å²) in [5.74, 6) is 0. The molecule has 2 rings (SSSR count). The summed E-state index contributed by atoms with van der Waals surface area (Å²) in [5, 5.41) is 3.71. The summed E-state index contributed by atoms with van der Waals surface area (Å²) in [6, 6.07) is 2.31. The largest absolute Gasteiger partial charge is 0.313 e. The molecule has 0 aliphatic carbocycles. The Morgan fingerprint density at radius 1 is 1.26 bits per heavy atom. The van der Waals surface area contributed by atoms with Crippen LogP contribution in [0.15, 0.2) is 0 Å². The molecule has 0 aromatic heterocycles. The zero-order valence-electron chi connectivity index (χ0n) is 13.2. The fourth-order valence-electron chi connectivity index (χ4n) is 3.67. The van der Waals surface area contributed by atoms with E-state index in [4.69, 9.17) is 0 Å². The second-order valence-electron chi connectivity index (χ2n) is 6.65. The Balaban J connectivity index is 1.87. The first kappa shape index (κ1) is 15.3. The highest BCUT2D eigenvalue weighted by Gasteiger charge is 2.28. The molecule has 19 heavy (non-hydrogen) atoms. The number of hydrogen-bond acceptors (Lipinski definition) is 3. The van der Waals surface area contributed by atoms with Crippen LogP contribution in [0.5, 0.6) is 0 Å². The average molecular weight is 267 g/mol. The molecule has 2 saturated heterocycles. The van der Waals surface area contributed by atoms with E-state index in [1.54, 1.807) is 0 Å². The third-order valence-electron chi connectivity index (χ3n) is 5.08. The highest BCUT2D eigenvalue weighted by atomic mass is 15.2. The molecule has 2 aliphatic rings. The molecule has 0 bridgehead atoms.